The number of hydrazone groups is 1. The lowest BCUT2D eigenvalue weighted by Crippen LogP contribution is -2.35. The Kier molecular flexibility index (Phi) is 5.32. The van der Waals surface area contributed by atoms with Crippen LogP contribution in [0.2, 0.25) is 0 Å². The van der Waals surface area contributed by atoms with Crippen LogP contribution in [0.15, 0.2) is 65.8 Å². The second-order valence-electron chi connectivity index (χ2n) is 5.75. The number of amides is 2. The summed E-state index contributed by atoms with van der Waals surface area (Å²) in [6.07, 6.45) is 1.19. The summed E-state index contributed by atoms with van der Waals surface area (Å²) in [4.78, 5) is 24.2. The Hall–Kier alpha value is -3.87. The van der Waals surface area contributed by atoms with Gasteiger partial charge in [0.15, 0.2) is 0 Å². The normalized spacial score (nSPS) is 10.8. The van der Waals surface area contributed by atoms with Crippen molar-refractivity contribution in [3.8, 4) is 11.5 Å². The van der Waals surface area contributed by atoms with E-state index in [4.69, 9.17) is 0 Å². The molecule has 0 aliphatic heterocycles. The summed E-state index contributed by atoms with van der Waals surface area (Å²) in [6.45, 7) is -0.259. The Bertz CT molecular complexity index is 1030. The molecular formula is C20H17N3O4. The zero-order chi connectivity index (χ0) is 19.2. The summed E-state index contributed by atoms with van der Waals surface area (Å²) in [7, 11) is 0. The van der Waals surface area contributed by atoms with Crippen LogP contribution in [0.1, 0.15) is 15.9 Å². The number of fused-ring (bicyclic) bond motifs is 1. The van der Waals surface area contributed by atoms with Gasteiger partial charge in [-0.2, -0.15) is 5.10 Å². The van der Waals surface area contributed by atoms with E-state index in [2.05, 4.69) is 15.8 Å². The van der Waals surface area contributed by atoms with E-state index < -0.39 is 5.91 Å². The van der Waals surface area contributed by atoms with Crippen molar-refractivity contribution in [1.29, 1.82) is 0 Å². The summed E-state index contributed by atoms with van der Waals surface area (Å²) in [5.41, 5.74) is 2.97. The van der Waals surface area contributed by atoms with Crippen LogP contribution in [0.25, 0.3) is 10.8 Å². The maximum atomic E-state index is 12.4. The van der Waals surface area contributed by atoms with E-state index >= 15 is 0 Å². The van der Waals surface area contributed by atoms with Crippen molar-refractivity contribution in [3.63, 3.8) is 0 Å². The maximum absolute atomic E-state index is 12.4. The second-order valence-corrected chi connectivity index (χ2v) is 5.75. The zero-order valence-electron chi connectivity index (χ0n) is 14.2. The molecule has 0 aliphatic carbocycles. The minimum absolute atomic E-state index is 0.0390. The molecule has 7 nitrogen and oxygen atoms in total. The molecule has 136 valence electrons. The highest BCUT2D eigenvalue weighted by atomic mass is 16.3. The molecule has 3 aromatic rings. The molecule has 0 heterocycles. The van der Waals surface area contributed by atoms with Gasteiger partial charge in [-0.25, -0.2) is 5.43 Å². The molecule has 3 rings (SSSR count). The van der Waals surface area contributed by atoms with E-state index in [1.54, 1.807) is 12.1 Å². The third kappa shape index (κ3) is 4.40. The predicted molar refractivity (Wildman–Crippen MR) is 102 cm³/mol. The van der Waals surface area contributed by atoms with Crippen LogP contribution in [-0.2, 0) is 4.79 Å². The molecule has 7 heteroatoms. The first-order valence-corrected chi connectivity index (χ1v) is 8.14. The van der Waals surface area contributed by atoms with Gasteiger partial charge in [0.1, 0.15) is 11.5 Å². The Morgan fingerprint density at radius 1 is 1.00 bits per heavy atom. The number of carbonyl (C=O) groups is 2. The fourth-order valence-corrected chi connectivity index (χ4v) is 2.54. The van der Waals surface area contributed by atoms with E-state index in [1.165, 1.54) is 24.4 Å². The molecule has 0 radical (unpaired) electrons. The first kappa shape index (κ1) is 17.9. The third-order valence-electron chi connectivity index (χ3n) is 3.85. The highest BCUT2D eigenvalue weighted by Gasteiger charge is 2.10. The van der Waals surface area contributed by atoms with E-state index in [1.807, 2.05) is 30.3 Å². The number of rotatable bonds is 5. The van der Waals surface area contributed by atoms with Gasteiger partial charge in [-0.1, -0.05) is 36.4 Å². The van der Waals surface area contributed by atoms with E-state index in [9.17, 15) is 19.8 Å². The number of aromatic hydroxyl groups is 2. The lowest BCUT2D eigenvalue weighted by atomic mass is 10.0. The molecule has 0 atom stereocenters. The van der Waals surface area contributed by atoms with Crippen molar-refractivity contribution in [1.82, 2.24) is 10.7 Å². The molecule has 0 aromatic heterocycles. The van der Waals surface area contributed by atoms with Crippen molar-refractivity contribution >= 4 is 28.8 Å². The van der Waals surface area contributed by atoms with Crippen LogP contribution in [0.4, 0.5) is 0 Å². The summed E-state index contributed by atoms with van der Waals surface area (Å²) < 4.78 is 0. The fraction of sp³-hybridized carbons (Fsp3) is 0.0500. The molecule has 0 saturated carbocycles. The van der Waals surface area contributed by atoms with Gasteiger partial charge in [0.25, 0.3) is 11.8 Å². The summed E-state index contributed by atoms with van der Waals surface area (Å²) in [5, 5.41) is 27.0. The average molecular weight is 363 g/mol. The zero-order valence-corrected chi connectivity index (χ0v) is 14.2. The molecule has 4 N–H and O–H groups in total. The highest BCUT2D eigenvalue weighted by Crippen LogP contribution is 2.20. The average Bonchev–Trinajstić information content (AvgIpc) is 2.68. The topological polar surface area (TPSA) is 111 Å². The number of benzene rings is 3. The molecule has 0 unspecified atom stereocenters. The molecule has 0 fully saturated rings. The van der Waals surface area contributed by atoms with Crippen LogP contribution < -0.4 is 10.7 Å². The van der Waals surface area contributed by atoms with Crippen LogP contribution in [0.5, 0.6) is 11.5 Å². The van der Waals surface area contributed by atoms with Crippen molar-refractivity contribution < 1.29 is 19.8 Å². The highest BCUT2D eigenvalue weighted by molar-refractivity contribution is 6.07. The van der Waals surface area contributed by atoms with Crippen molar-refractivity contribution in [3.05, 3.63) is 71.8 Å². The van der Waals surface area contributed by atoms with Crippen LogP contribution in [-0.4, -0.2) is 34.8 Å². The fourth-order valence-electron chi connectivity index (χ4n) is 2.54. The lowest BCUT2D eigenvalue weighted by molar-refractivity contribution is -0.120. The molecular weight excluding hydrogens is 346 g/mol. The second kappa shape index (κ2) is 8.01. The van der Waals surface area contributed by atoms with E-state index in [0.717, 1.165) is 10.8 Å². The molecule has 27 heavy (non-hydrogen) atoms. The smallest absolute Gasteiger partial charge is 0.259 e. The largest absolute Gasteiger partial charge is 0.508 e. The number of nitrogens with one attached hydrogen (secondary N) is 2. The predicted octanol–water partition coefficient (Wildman–Crippen LogP) is 2.13. The number of phenols is 2. The van der Waals surface area contributed by atoms with Crippen molar-refractivity contribution in [2.45, 2.75) is 0 Å². The lowest BCUT2D eigenvalue weighted by Gasteiger charge is -2.07. The van der Waals surface area contributed by atoms with Crippen molar-refractivity contribution in [2.24, 2.45) is 5.10 Å². The minimum Gasteiger partial charge on any atom is -0.508 e. The van der Waals surface area contributed by atoms with Gasteiger partial charge in [0, 0.05) is 11.1 Å². The standard InChI is InChI=1S/C20H17N3O4/c24-15-8-9-18(25)14(10-15)11-22-23-19(26)12-21-20(27)17-7-3-5-13-4-1-2-6-16(13)17/h1-11,24-25H,12H2,(H,21,27)(H,23,26)/b22-11+. The molecule has 0 aliphatic rings. The van der Waals surface area contributed by atoms with E-state index in [0.29, 0.717) is 5.56 Å². The number of phenolic OH excluding ortho intramolecular Hbond substituents is 2. The van der Waals surface area contributed by atoms with Gasteiger partial charge in [-0.3, -0.25) is 9.59 Å². The van der Waals surface area contributed by atoms with Gasteiger partial charge in [0.05, 0.1) is 12.8 Å². The molecule has 0 bridgehead atoms. The Morgan fingerprint density at radius 2 is 1.78 bits per heavy atom. The van der Waals surface area contributed by atoms with Gasteiger partial charge in [-0.05, 0) is 35.0 Å². The third-order valence-corrected chi connectivity index (χ3v) is 3.85. The summed E-state index contributed by atoms with van der Waals surface area (Å²) in [6, 6.07) is 16.8. The first-order valence-electron chi connectivity index (χ1n) is 8.14. The Balaban J connectivity index is 1.58. The SMILES string of the molecule is O=C(CNC(=O)c1cccc2ccccc12)N/N=C/c1cc(O)ccc1O. The van der Waals surface area contributed by atoms with Gasteiger partial charge in [-0.15, -0.1) is 0 Å². The Labute approximate surface area is 155 Å². The quantitative estimate of drug-likeness (QED) is 0.316. The number of carbonyl (C=O) groups excluding carboxylic acids is 2. The number of nitrogens with zero attached hydrogens (tertiary/aromatic N) is 1. The molecule has 3 aromatic carbocycles. The number of hydrogen-bond acceptors (Lipinski definition) is 5. The molecule has 0 saturated heterocycles. The summed E-state index contributed by atoms with van der Waals surface area (Å²) in [5.74, 6) is -1.02. The van der Waals surface area contributed by atoms with Crippen LogP contribution in [0, 0.1) is 0 Å². The van der Waals surface area contributed by atoms with Crippen LogP contribution in [0.3, 0.4) is 0 Å². The monoisotopic (exact) mass is 363 g/mol. The van der Waals surface area contributed by atoms with Crippen molar-refractivity contribution in [2.75, 3.05) is 6.54 Å². The van der Waals surface area contributed by atoms with Gasteiger partial charge < -0.3 is 15.5 Å². The first-order chi connectivity index (χ1) is 13.0. The maximum Gasteiger partial charge on any atom is 0.259 e. The molecule has 2 amide bonds. The van der Waals surface area contributed by atoms with Gasteiger partial charge in [0.2, 0.25) is 0 Å². The molecule has 0 spiro atoms. The van der Waals surface area contributed by atoms with Gasteiger partial charge >= 0.3 is 0 Å². The minimum atomic E-state index is -0.528. The summed E-state index contributed by atoms with van der Waals surface area (Å²) >= 11 is 0. The number of hydrogen-bond donors (Lipinski definition) is 4. The van der Waals surface area contributed by atoms with Crippen LogP contribution >= 0.6 is 0 Å². The Morgan fingerprint density at radius 3 is 2.63 bits per heavy atom. The van der Waals surface area contributed by atoms with E-state index in [-0.39, 0.29) is 29.5 Å².